The van der Waals surface area contributed by atoms with Crippen LogP contribution < -0.4 is 0 Å². The highest BCUT2D eigenvalue weighted by atomic mass is 127. The van der Waals surface area contributed by atoms with Crippen LogP contribution in [0.15, 0.2) is 24.3 Å². The summed E-state index contributed by atoms with van der Waals surface area (Å²) in [6, 6.07) is 8.70. The quantitative estimate of drug-likeness (QED) is 0.566. The van der Waals surface area contributed by atoms with Crippen LogP contribution in [0.25, 0.3) is 0 Å². The Morgan fingerprint density at radius 1 is 1.29 bits per heavy atom. The predicted molar refractivity (Wildman–Crippen MR) is 72.0 cm³/mol. The maximum Gasteiger partial charge on any atom is 0.0280 e. The minimum atomic E-state index is 0.244. The molecule has 0 bridgehead atoms. The van der Waals surface area contributed by atoms with E-state index in [0.717, 1.165) is 18.7 Å². The number of alkyl halides is 1. The van der Waals surface area contributed by atoms with Gasteiger partial charge in [-0.1, -0.05) is 26.0 Å². The lowest BCUT2D eigenvalue weighted by Gasteiger charge is -2.25. The van der Waals surface area contributed by atoms with Gasteiger partial charge in [0.05, 0.1) is 0 Å². The fourth-order valence-electron chi connectivity index (χ4n) is 1.36. The van der Waals surface area contributed by atoms with Crippen molar-refractivity contribution in [2.24, 2.45) is 5.41 Å². The lowest BCUT2D eigenvalue weighted by atomic mass is 9.83. The van der Waals surface area contributed by atoms with Crippen LogP contribution in [0.1, 0.15) is 25.8 Å². The van der Waals surface area contributed by atoms with Crippen molar-refractivity contribution in [3.63, 3.8) is 0 Å². The molecular weight excluding hydrogens is 306 g/mol. The Balaban J connectivity index is 2.72. The summed E-state index contributed by atoms with van der Waals surface area (Å²) < 4.78 is 1.29. The molecule has 0 amide bonds. The molecule has 0 spiro atoms. The van der Waals surface area contributed by atoms with Gasteiger partial charge in [-0.05, 0) is 58.5 Å². The van der Waals surface area contributed by atoms with Crippen molar-refractivity contribution in [3.8, 4) is 0 Å². The van der Waals surface area contributed by atoms with E-state index in [2.05, 4.69) is 60.7 Å². The molecule has 0 N–H and O–H groups in total. The third-order valence-corrected chi connectivity index (χ3v) is 4.08. The van der Waals surface area contributed by atoms with Crippen LogP contribution in [-0.4, -0.2) is 5.88 Å². The number of hydrogen-bond donors (Lipinski definition) is 0. The van der Waals surface area contributed by atoms with Crippen molar-refractivity contribution in [1.82, 2.24) is 0 Å². The number of halogens is 2. The minimum absolute atomic E-state index is 0.244. The molecule has 0 fully saturated rings. The maximum absolute atomic E-state index is 5.99. The molecule has 0 aliphatic rings. The van der Waals surface area contributed by atoms with Gasteiger partial charge in [0.2, 0.25) is 0 Å². The van der Waals surface area contributed by atoms with Crippen molar-refractivity contribution in [2.45, 2.75) is 26.7 Å². The van der Waals surface area contributed by atoms with Gasteiger partial charge < -0.3 is 0 Å². The van der Waals surface area contributed by atoms with Crippen LogP contribution in [0.3, 0.4) is 0 Å². The first-order chi connectivity index (χ1) is 6.59. The molecule has 0 radical (unpaired) electrons. The van der Waals surface area contributed by atoms with Crippen LogP contribution in [0.2, 0.25) is 0 Å². The Kier molecular flexibility index (Phi) is 4.71. The van der Waals surface area contributed by atoms with E-state index in [0.29, 0.717) is 0 Å². The molecular formula is C12H16ClI. The van der Waals surface area contributed by atoms with E-state index in [1.54, 1.807) is 0 Å². The monoisotopic (exact) mass is 322 g/mol. The van der Waals surface area contributed by atoms with Gasteiger partial charge in [0.25, 0.3) is 0 Å². The van der Waals surface area contributed by atoms with E-state index in [1.807, 2.05) is 0 Å². The summed E-state index contributed by atoms with van der Waals surface area (Å²) in [7, 11) is 0. The SMILES string of the molecule is CCC(C)(CCl)Cc1ccc(I)cc1. The number of rotatable bonds is 4. The van der Waals surface area contributed by atoms with Crippen LogP contribution in [0.4, 0.5) is 0 Å². The van der Waals surface area contributed by atoms with E-state index < -0.39 is 0 Å². The van der Waals surface area contributed by atoms with E-state index in [4.69, 9.17) is 11.6 Å². The molecule has 0 nitrogen and oxygen atoms in total. The van der Waals surface area contributed by atoms with Crippen LogP contribution >= 0.6 is 34.2 Å². The molecule has 0 saturated carbocycles. The molecule has 0 aliphatic carbocycles. The molecule has 1 atom stereocenters. The van der Waals surface area contributed by atoms with E-state index >= 15 is 0 Å². The van der Waals surface area contributed by atoms with Crippen molar-refractivity contribution in [3.05, 3.63) is 33.4 Å². The largest absolute Gasteiger partial charge is 0.126 e. The molecule has 1 rings (SSSR count). The van der Waals surface area contributed by atoms with Crippen molar-refractivity contribution in [1.29, 1.82) is 0 Å². The smallest absolute Gasteiger partial charge is 0.0280 e. The molecule has 1 unspecified atom stereocenters. The first-order valence-electron chi connectivity index (χ1n) is 4.90. The zero-order valence-electron chi connectivity index (χ0n) is 8.69. The Morgan fingerprint density at radius 2 is 1.86 bits per heavy atom. The normalized spacial score (nSPS) is 15.1. The van der Waals surface area contributed by atoms with Gasteiger partial charge in [-0.3, -0.25) is 0 Å². The second-order valence-electron chi connectivity index (χ2n) is 4.10. The molecule has 2 heteroatoms. The Hall–Kier alpha value is 0.240. The topological polar surface area (TPSA) is 0 Å². The third-order valence-electron chi connectivity index (χ3n) is 2.72. The molecule has 0 heterocycles. The minimum Gasteiger partial charge on any atom is -0.126 e. The summed E-state index contributed by atoms with van der Waals surface area (Å²) in [6.45, 7) is 4.45. The van der Waals surface area contributed by atoms with Crippen molar-refractivity contribution < 1.29 is 0 Å². The van der Waals surface area contributed by atoms with Gasteiger partial charge in [0.1, 0.15) is 0 Å². The average molecular weight is 323 g/mol. The summed E-state index contributed by atoms with van der Waals surface area (Å²) >= 11 is 8.31. The molecule has 0 aliphatic heterocycles. The first kappa shape index (κ1) is 12.3. The number of benzene rings is 1. The maximum atomic E-state index is 5.99. The highest BCUT2D eigenvalue weighted by Gasteiger charge is 2.20. The first-order valence-corrected chi connectivity index (χ1v) is 6.51. The van der Waals surface area contributed by atoms with E-state index in [-0.39, 0.29) is 5.41 Å². The molecule has 1 aromatic carbocycles. The molecule has 0 saturated heterocycles. The molecule has 1 aromatic rings. The van der Waals surface area contributed by atoms with Gasteiger partial charge in [-0.2, -0.15) is 0 Å². The fourth-order valence-corrected chi connectivity index (χ4v) is 2.00. The third kappa shape index (κ3) is 3.43. The second kappa shape index (κ2) is 5.36. The average Bonchev–Trinajstić information content (AvgIpc) is 2.21. The molecule has 0 aromatic heterocycles. The molecule has 78 valence electrons. The van der Waals surface area contributed by atoms with Gasteiger partial charge >= 0.3 is 0 Å². The van der Waals surface area contributed by atoms with Gasteiger partial charge in [0, 0.05) is 9.45 Å². The summed E-state index contributed by atoms with van der Waals surface area (Å²) in [5, 5.41) is 0. The lowest BCUT2D eigenvalue weighted by Crippen LogP contribution is -2.20. The zero-order valence-corrected chi connectivity index (χ0v) is 11.6. The van der Waals surface area contributed by atoms with Crippen molar-refractivity contribution >= 4 is 34.2 Å². The second-order valence-corrected chi connectivity index (χ2v) is 5.61. The van der Waals surface area contributed by atoms with Crippen LogP contribution in [-0.2, 0) is 6.42 Å². The lowest BCUT2D eigenvalue weighted by molar-refractivity contribution is 0.355. The van der Waals surface area contributed by atoms with Crippen molar-refractivity contribution in [2.75, 3.05) is 5.88 Å². The van der Waals surface area contributed by atoms with Gasteiger partial charge in [-0.15, -0.1) is 11.6 Å². The van der Waals surface area contributed by atoms with Gasteiger partial charge in [-0.25, -0.2) is 0 Å². The standard InChI is InChI=1S/C12H16ClI/c1-3-12(2,9-13)8-10-4-6-11(14)7-5-10/h4-7H,3,8-9H2,1-2H3. The van der Waals surface area contributed by atoms with Gasteiger partial charge in [0.15, 0.2) is 0 Å². The predicted octanol–water partition coefficient (Wildman–Crippen LogP) is 4.49. The zero-order chi connectivity index (χ0) is 10.6. The Bertz CT molecular complexity index is 275. The Labute approximate surface area is 105 Å². The molecule has 14 heavy (non-hydrogen) atoms. The van der Waals surface area contributed by atoms with Crippen LogP contribution in [0.5, 0.6) is 0 Å². The van der Waals surface area contributed by atoms with E-state index in [1.165, 1.54) is 9.13 Å². The highest BCUT2D eigenvalue weighted by Crippen LogP contribution is 2.28. The fraction of sp³-hybridized carbons (Fsp3) is 0.500. The summed E-state index contributed by atoms with van der Waals surface area (Å²) in [6.07, 6.45) is 2.20. The summed E-state index contributed by atoms with van der Waals surface area (Å²) in [5.74, 6) is 0.732. The van der Waals surface area contributed by atoms with Crippen LogP contribution in [0, 0.1) is 8.99 Å². The Morgan fingerprint density at radius 3 is 2.29 bits per heavy atom. The van der Waals surface area contributed by atoms with E-state index in [9.17, 15) is 0 Å². The summed E-state index contributed by atoms with van der Waals surface area (Å²) in [4.78, 5) is 0. The number of hydrogen-bond acceptors (Lipinski definition) is 0. The summed E-state index contributed by atoms with van der Waals surface area (Å²) in [5.41, 5.74) is 1.63. The highest BCUT2D eigenvalue weighted by molar-refractivity contribution is 14.1.